The van der Waals surface area contributed by atoms with E-state index >= 15 is 0 Å². The molecule has 4 nitrogen and oxygen atoms in total. The number of carbonyl (C=O) groups is 1. The molecule has 172 valence electrons. The van der Waals surface area contributed by atoms with E-state index in [2.05, 4.69) is 47.6 Å². The van der Waals surface area contributed by atoms with Gasteiger partial charge in [-0.3, -0.25) is 0 Å². The fourth-order valence-corrected chi connectivity index (χ4v) is 4.60. The zero-order valence-corrected chi connectivity index (χ0v) is 19.5. The standard InChI is InChI=1S/C28H31FN2O2/c1-19-17-24(31(2)23-12-9-21(10-13-23)20-7-5-4-6-8-20)14-16-26(19)30-27-15-11-22(29)18-25(27)28(32)33-3/h9-18,20,30H,4-8H2,1-3H3. The van der Waals surface area contributed by atoms with E-state index in [0.717, 1.165) is 22.6 Å². The summed E-state index contributed by atoms with van der Waals surface area (Å²) in [5.41, 5.74) is 6.18. The third-order valence-electron chi connectivity index (χ3n) is 6.61. The van der Waals surface area contributed by atoms with E-state index in [1.807, 2.05) is 19.1 Å². The molecule has 0 aromatic heterocycles. The van der Waals surface area contributed by atoms with Gasteiger partial charge in [0.1, 0.15) is 5.82 Å². The number of aryl methyl sites for hydroxylation is 1. The molecule has 0 bridgehead atoms. The smallest absolute Gasteiger partial charge is 0.340 e. The summed E-state index contributed by atoms with van der Waals surface area (Å²) in [4.78, 5) is 14.2. The molecule has 33 heavy (non-hydrogen) atoms. The molecule has 0 aliphatic heterocycles. The molecule has 1 saturated carbocycles. The summed E-state index contributed by atoms with van der Waals surface area (Å²) in [7, 11) is 3.35. The Morgan fingerprint density at radius 2 is 1.61 bits per heavy atom. The van der Waals surface area contributed by atoms with Crippen molar-refractivity contribution in [2.45, 2.75) is 44.9 Å². The Morgan fingerprint density at radius 1 is 0.939 bits per heavy atom. The number of benzene rings is 3. The van der Waals surface area contributed by atoms with Crippen LogP contribution in [0.3, 0.4) is 0 Å². The average Bonchev–Trinajstić information content (AvgIpc) is 2.86. The lowest BCUT2D eigenvalue weighted by Gasteiger charge is -2.24. The first-order valence-corrected chi connectivity index (χ1v) is 11.6. The van der Waals surface area contributed by atoms with Gasteiger partial charge in [0.15, 0.2) is 0 Å². The van der Waals surface area contributed by atoms with Crippen LogP contribution in [0.2, 0.25) is 0 Å². The first-order valence-electron chi connectivity index (χ1n) is 11.6. The van der Waals surface area contributed by atoms with Crippen LogP contribution in [0.4, 0.5) is 27.1 Å². The molecule has 3 aromatic rings. The Bertz CT molecular complexity index is 1120. The highest BCUT2D eigenvalue weighted by Crippen LogP contribution is 2.35. The lowest BCUT2D eigenvalue weighted by atomic mass is 9.84. The summed E-state index contributed by atoms with van der Waals surface area (Å²) < 4.78 is 18.4. The molecule has 3 aromatic carbocycles. The van der Waals surface area contributed by atoms with Crippen LogP contribution in [0.1, 0.15) is 59.5 Å². The number of carbonyl (C=O) groups excluding carboxylic acids is 1. The van der Waals surface area contributed by atoms with E-state index < -0.39 is 11.8 Å². The van der Waals surface area contributed by atoms with E-state index in [1.54, 1.807) is 6.07 Å². The number of rotatable bonds is 6. The van der Waals surface area contributed by atoms with Crippen molar-refractivity contribution in [1.29, 1.82) is 0 Å². The van der Waals surface area contributed by atoms with Crippen molar-refractivity contribution in [2.75, 3.05) is 24.4 Å². The van der Waals surface area contributed by atoms with Crippen molar-refractivity contribution in [3.8, 4) is 0 Å². The van der Waals surface area contributed by atoms with Crippen LogP contribution < -0.4 is 10.2 Å². The second kappa shape index (κ2) is 10.1. The molecule has 4 rings (SSSR count). The lowest BCUT2D eigenvalue weighted by molar-refractivity contribution is 0.0601. The maximum Gasteiger partial charge on any atom is 0.340 e. The highest BCUT2D eigenvalue weighted by molar-refractivity contribution is 5.96. The summed E-state index contributed by atoms with van der Waals surface area (Å²) in [5, 5.41) is 3.25. The summed E-state index contributed by atoms with van der Waals surface area (Å²) in [6.45, 7) is 2.01. The van der Waals surface area contributed by atoms with Gasteiger partial charge in [0.2, 0.25) is 0 Å². The number of methoxy groups -OCH3 is 1. The highest BCUT2D eigenvalue weighted by atomic mass is 19.1. The van der Waals surface area contributed by atoms with E-state index in [-0.39, 0.29) is 5.56 Å². The average molecular weight is 447 g/mol. The largest absolute Gasteiger partial charge is 0.465 e. The minimum atomic E-state index is -0.581. The van der Waals surface area contributed by atoms with E-state index in [9.17, 15) is 9.18 Å². The molecule has 0 amide bonds. The Labute approximate surface area is 195 Å². The number of hydrogen-bond acceptors (Lipinski definition) is 4. The number of nitrogens with one attached hydrogen (secondary N) is 1. The van der Waals surface area contributed by atoms with Crippen LogP contribution in [-0.4, -0.2) is 20.1 Å². The fraction of sp³-hybridized carbons (Fsp3) is 0.321. The first-order chi connectivity index (χ1) is 16.0. The van der Waals surface area contributed by atoms with Gasteiger partial charge in [-0.2, -0.15) is 0 Å². The van der Waals surface area contributed by atoms with Gasteiger partial charge >= 0.3 is 5.97 Å². The van der Waals surface area contributed by atoms with Crippen molar-refractivity contribution < 1.29 is 13.9 Å². The van der Waals surface area contributed by atoms with Crippen LogP contribution in [0.15, 0.2) is 60.7 Å². The number of halogens is 1. The molecule has 1 fully saturated rings. The van der Waals surface area contributed by atoms with Crippen LogP contribution in [0, 0.1) is 12.7 Å². The molecule has 5 heteroatoms. The summed E-state index contributed by atoms with van der Waals surface area (Å²) >= 11 is 0. The Balaban J connectivity index is 1.51. The summed E-state index contributed by atoms with van der Waals surface area (Å²) in [6.07, 6.45) is 6.64. The van der Waals surface area contributed by atoms with Crippen molar-refractivity contribution >= 4 is 28.7 Å². The second-order valence-corrected chi connectivity index (χ2v) is 8.79. The van der Waals surface area contributed by atoms with Crippen LogP contribution in [-0.2, 0) is 4.74 Å². The van der Waals surface area contributed by atoms with Gasteiger partial charge in [-0.25, -0.2) is 9.18 Å². The molecule has 1 N–H and O–H groups in total. The molecule has 0 unspecified atom stereocenters. The van der Waals surface area contributed by atoms with Gasteiger partial charge in [-0.05, 0) is 85.3 Å². The van der Waals surface area contributed by atoms with Gasteiger partial charge in [0, 0.05) is 24.1 Å². The minimum absolute atomic E-state index is 0.163. The topological polar surface area (TPSA) is 41.6 Å². The van der Waals surface area contributed by atoms with Gasteiger partial charge < -0.3 is 15.0 Å². The van der Waals surface area contributed by atoms with Crippen LogP contribution in [0.25, 0.3) is 0 Å². The quantitative estimate of drug-likeness (QED) is 0.399. The predicted molar refractivity (Wildman–Crippen MR) is 133 cm³/mol. The predicted octanol–water partition coefficient (Wildman–Crippen LogP) is 7.48. The van der Waals surface area contributed by atoms with Gasteiger partial charge in [0.25, 0.3) is 0 Å². The third kappa shape index (κ3) is 5.19. The molecule has 0 radical (unpaired) electrons. The Kier molecular flexibility index (Phi) is 6.97. The molecular formula is C28H31FN2O2. The van der Waals surface area contributed by atoms with E-state index in [1.165, 1.54) is 56.9 Å². The Hall–Kier alpha value is -3.34. The second-order valence-electron chi connectivity index (χ2n) is 8.79. The number of ether oxygens (including phenoxy) is 1. The zero-order chi connectivity index (χ0) is 23.4. The first kappa shape index (κ1) is 22.8. The number of anilines is 4. The lowest BCUT2D eigenvalue weighted by Crippen LogP contribution is -2.11. The maximum absolute atomic E-state index is 13.7. The summed E-state index contributed by atoms with van der Waals surface area (Å²) in [6, 6.07) is 19.1. The van der Waals surface area contributed by atoms with Gasteiger partial charge in [0.05, 0.1) is 18.4 Å². The van der Waals surface area contributed by atoms with E-state index in [4.69, 9.17) is 4.74 Å². The fourth-order valence-electron chi connectivity index (χ4n) is 4.60. The third-order valence-corrected chi connectivity index (χ3v) is 6.61. The van der Waals surface area contributed by atoms with Crippen molar-refractivity contribution in [2.24, 2.45) is 0 Å². The number of nitrogens with zero attached hydrogens (tertiary/aromatic N) is 1. The number of hydrogen-bond donors (Lipinski definition) is 1. The molecule has 0 heterocycles. The SMILES string of the molecule is COC(=O)c1cc(F)ccc1Nc1ccc(N(C)c2ccc(C3CCCCC3)cc2)cc1C. The molecule has 0 saturated heterocycles. The molecule has 1 aliphatic carbocycles. The molecular weight excluding hydrogens is 415 g/mol. The Morgan fingerprint density at radius 3 is 2.27 bits per heavy atom. The normalized spacial score (nSPS) is 14.1. The van der Waals surface area contributed by atoms with Crippen molar-refractivity contribution in [3.05, 3.63) is 83.2 Å². The molecule has 0 atom stereocenters. The summed E-state index contributed by atoms with van der Waals surface area (Å²) in [5.74, 6) is -0.362. The van der Waals surface area contributed by atoms with Gasteiger partial charge in [-0.1, -0.05) is 31.4 Å². The molecule has 0 spiro atoms. The minimum Gasteiger partial charge on any atom is -0.465 e. The van der Waals surface area contributed by atoms with E-state index in [0.29, 0.717) is 11.6 Å². The maximum atomic E-state index is 13.7. The van der Waals surface area contributed by atoms with Crippen LogP contribution in [0.5, 0.6) is 0 Å². The van der Waals surface area contributed by atoms with Crippen LogP contribution >= 0.6 is 0 Å². The van der Waals surface area contributed by atoms with Crippen molar-refractivity contribution in [1.82, 2.24) is 0 Å². The highest BCUT2D eigenvalue weighted by Gasteiger charge is 2.17. The number of esters is 1. The van der Waals surface area contributed by atoms with Crippen molar-refractivity contribution in [3.63, 3.8) is 0 Å². The monoisotopic (exact) mass is 446 g/mol. The molecule has 1 aliphatic rings. The van der Waals surface area contributed by atoms with Gasteiger partial charge in [-0.15, -0.1) is 0 Å². The zero-order valence-electron chi connectivity index (χ0n) is 19.5.